The maximum absolute atomic E-state index is 5.87. The Hall–Kier alpha value is -1.12. The van der Waals surface area contributed by atoms with Crippen molar-refractivity contribution in [3.05, 3.63) is 18.1 Å². The second kappa shape index (κ2) is 6.72. The van der Waals surface area contributed by atoms with Gasteiger partial charge in [-0.1, -0.05) is 0 Å². The third-order valence-corrected chi connectivity index (χ3v) is 2.73. The summed E-state index contributed by atoms with van der Waals surface area (Å²) in [6, 6.07) is 2.26. The lowest BCUT2D eigenvalue weighted by Gasteiger charge is -2.16. The highest BCUT2D eigenvalue weighted by atomic mass is 127. The summed E-state index contributed by atoms with van der Waals surface area (Å²) in [5.41, 5.74) is 5.87. The summed E-state index contributed by atoms with van der Waals surface area (Å²) in [5, 5.41) is 0. The van der Waals surface area contributed by atoms with Crippen LogP contribution in [0.3, 0.4) is 0 Å². The molecule has 0 spiro atoms. The summed E-state index contributed by atoms with van der Waals surface area (Å²) in [6.07, 6.45) is 4.04. The Morgan fingerprint density at radius 3 is 2.94 bits per heavy atom. The number of halogens is 1. The van der Waals surface area contributed by atoms with Crippen molar-refractivity contribution in [3.8, 4) is 5.88 Å². The van der Waals surface area contributed by atoms with Crippen LogP contribution in [0.15, 0.2) is 17.3 Å². The predicted octanol–water partition coefficient (Wildman–Crippen LogP) is 1.01. The van der Waals surface area contributed by atoms with Crippen LogP contribution < -0.4 is 10.5 Å². The highest BCUT2D eigenvalue weighted by molar-refractivity contribution is 14.0. The van der Waals surface area contributed by atoms with E-state index in [0.717, 1.165) is 0 Å². The molecule has 0 aromatic carbocycles. The van der Waals surface area contributed by atoms with Gasteiger partial charge in [0.25, 0.3) is 0 Å². The Morgan fingerprint density at radius 1 is 1.61 bits per heavy atom. The zero-order chi connectivity index (χ0) is 12.3. The Bertz CT molecular complexity index is 422. The fraction of sp³-hybridized carbons (Fsp3) is 0.545. The lowest BCUT2D eigenvalue weighted by atomic mass is 10.5. The van der Waals surface area contributed by atoms with Gasteiger partial charge in [0.05, 0.1) is 7.11 Å². The summed E-state index contributed by atoms with van der Waals surface area (Å²) in [6.45, 7) is 0.375. The highest BCUT2D eigenvalue weighted by Gasteiger charge is 2.27. The van der Waals surface area contributed by atoms with E-state index in [1.807, 2.05) is 11.9 Å². The van der Waals surface area contributed by atoms with Crippen molar-refractivity contribution in [1.82, 2.24) is 14.9 Å². The molecular formula is C11H18IN5O. The van der Waals surface area contributed by atoms with E-state index in [4.69, 9.17) is 10.5 Å². The number of nitrogens with two attached hydrogens (primary N) is 1. The molecule has 0 aliphatic heterocycles. The first-order chi connectivity index (χ1) is 8.20. The van der Waals surface area contributed by atoms with Gasteiger partial charge in [-0.3, -0.25) is 0 Å². The minimum absolute atomic E-state index is 0. The first-order valence-corrected chi connectivity index (χ1v) is 5.59. The van der Waals surface area contributed by atoms with Crippen molar-refractivity contribution in [2.45, 2.75) is 25.4 Å². The van der Waals surface area contributed by atoms with E-state index in [0.29, 0.717) is 30.3 Å². The van der Waals surface area contributed by atoms with E-state index < -0.39 is 0 Å². The monoisotopic (exact) mass is 363 g/mol. The van der Waals surface area contributed by atoms with Crippen molar-refractivity contribution in [2.75, 3.05) is 14.2 Å². The zero-order valence-corrected chi connectivity index (χ0v) is 12.9. The summed E-state index contributed by atoms with van der Waals surface area (Å²) >= 11 is 0. The first-order valence-electron chi connectivity index (χ1n) is 5.59. The molecule has 1 aliphatic carbocycles. The fourth-order valence-corrected chi connectivity index (χ4v) is 1.48. The van der Waals surface area contributed by atoms with Crippen LogP contribution in [0, 0.1) is 0 Å². The average molecular weight is 363 g/mol. The first kappa shape index (κ1) is 14.9. The lowest BCUT2D eigenvalue weighted by Crippen LogP contribution is -2.35. The van der Waals surface area contributed by atoms with Gasteiger partial charge in [-0.15, -0.1) is 24.0 Å². The quantitative estimate of drug-likeness (QED) is 0.491. The van der Waals surface area contributed by atoms with Crippen LogP contribution in [0.25, 0.3) is 0 Å². The molecule has 0 amide bonds. The number of methoxy groups -OCH3 is 1. The van der Waals surface area contributed by atoms with Gasteiger partial charge in [0.2, 0.25) is 5.88 Å². The standard InChI is InChI=1S/C11H17N5O.HI/c1-16(8-3-4-8)11(12)14-7-9-13-6-5-10(15-9)17-2;/h5-6,8H,3-4,7H2,1-2H3,(H2,12,14);1H. The van der Waals surface area contributed by atoms with Gasteiger partial charge >= 0.3 is 0 Å². The zero-order valence-electron chi connectivity index (χ0n) is 10.5. The van der Waals surface area contributed by atoms with Crippen LogP contribution in [-0.2, 0) is 6.54 Å². The minimum atomic E-state index is 0. The van der Waals surface area contributed by atoms with Crippen molar-refractivity contribution >= 4 is 29.9 Å². The second-order valence-electron chi connectivity index (χ2n) is 4.03. The molecule has 18 heavy (non-hydrogen) atoms. The molecule has 0 atom stereocenters. The number of rotatable bonds is 4. The van der Waals surface area contributed by atoms with E-state index in [1.54, 1.807) is 19.4 Å². The van der Waals surface area contributed by atoms with Gasteiger partial charge < -0.3 is 15.4 Å². The molecule has 100 valence electrons. The number of nitrogens with zero attached hydrogens (tertiary/aromatic N) is 4. The molecule has 1 heterocycles. The van der Waals surface area contributed by atoms with E-state index in [9.17, 15) is 0 Å². The molecule has 2 N–H and O–H groups in total. The lowest BCUT2D eigenvalue weighted by molar-refractivity contribution is 0.394. The van der Waals surface area contributed by atoms with Crippen LogP contribution in [0.5, 0.6) is 5.88 Å². The van der Waals surface area contributed by atoms with E-state index >= 15 is 0 Å². The predicted molar refractivity (Wildman–Crippen MR) is 80.1 cm³/mol. The number of guanidine groups is 1. The molecule has 1 aromatic rings. The molecule has 1 aromatic heterocycles. The molecule has 1 saturated carbocycles. The van der Waals surface area contributed by atoms with Crippen molar-refractivity contribution in [1.29, 1.82) is 0 Å². The van der Waals surface area contributed by atoms with E-state index in [2.05, 4.69) is 15.0 Å². The van der Waals surface area contributed by atoms with Crippen molar-refractivity contribution < 1.29 is 4.74 Å². The molecular weight excluding hydrogens is 345 g/mol. The SMILES string of the molecule is COc1ccnc(CN=C(N)N(C)C2CC2)n1.I. The Morgan fingerprint density at radius 2 is 2.33 bits per heavy atom. The van der Waals surface area contributed by atoms with Crippen molar-refractivity contribution in [3.63, 3.8) is 0 Å². The number of ether oxygens (including phenoxy) is 1. The Kier molecular flexibility index (Phi) is 5.57. The average Bonchev–Trinajstić information content (AvgIpc) is 3.19. The van der Waals surface area contributed by atoms with Crippen LogP contribution in [0.2, 0.25) is 0 Å². The maximum atomic E-state index is 5.87. The topological polar surface area (TPSA) is 76.6 Å². The summed E-state index contributed by atoms with van der Waals surface area (Å²) in [4.78, 5) is 14.5. The fourth-order valence-electron chi connectivity index (χ4n) is 1.48. The number of aromatic nitrogens is 2. The minimum Gasteiger partial charge on any atom is -0.481 e. The molecule has 0 radical (unpaired) electrons. The van der Waals surface area contributed by atoms with Gasteiger partial charge in [0.1, 0.15) is 6.54 Å². The number of aliphatic imine (C=N–C) groups is 1. The smallest absolute Gasteiger partial charge is 0.216 e. The molecule has 2 rings (SSSR count). The molecule has 0 saturated heterocycles. The van der Waals surface area contributed by atoms with Gasteiger partial charge in [-0.25, -0.2) is 9.98 Å². The van der Waals surface area contributed by atoms with Gasteiger partial charge in [-0.2, -0.15) is 4.98 Å². The van der Waals surface area contributed by atoms with E-state index in [1.165, 1.54) is 12.8 Å². The maximum Gasteiger partial charge on any atom is 0.216 e. The molecule has 1 aliphatic rings. The third-order valence-electron chi connectivity index (χ3n) is 2.73. The van der Waals surface area contributed by atoms with E-state index in [-0.39, 0.29) is 24.0 Å². The Balaban J connectivity index is 0.00000162. The largest absolute Gasteiger partial charge is 0.481 e. The number of hydrogen-bond donors (Lipinski definition) is 1. The normalized spacial score (nSPS) is 14.9. The summed E-state index contributed by atoms with van der Waals surface area (Å²) < 4.78 is 5.02. The van der Waals surface area contributed by atoms with Gasteiger partial charge in [-0.05, 0) is 12.8 Å². The number of hydrogen-bond acceptors (Lipinski definition) is 4. The summed E-state index contributed by atoms with van der Waals surface area (Å²) in [5.74, 6) is 1.69. The third kappa shape index (κ3) is 3.97. The molecule has 1 fully saturated rings. The van der Waals surface area contributed by atoms with Crippen LogP contribution in [-0.4, -0.2) is 41.0 Å². The van der Waals surface area contributed by atoms with Gasteiger partial charge in [0.15, 0.2) is 11.8 Å². The molecule has 7 heteroatoms. The van der Waals surface area contributed by atoms with Crippen LogP contribution in [0.4, 0.5) is 0 Å². The van der Waals surface area contributed by atoms with Crippen LogP contribution in [0.1, 0.15) is 18.7 Å². The van der Waals surface area contributed by atoms with Crippen LogP contribution >= 0.6 is 24.0 Å². The summed E-state index contributed by atoms with van der Waals surface area (Å²) in [7, 11) is 3.54. The second-order valence-corrected chi connectivity index (χ2v) is 4.03. The molecule has 0 bridgehead atoms. The van der Waals surface area contributed by atoms with Gasteiger partial charge in [0, 0.05) is 25.4 Å². The molecule has 6 nitrogen and oxygen atoms in total. The van der Waals surface area contributed by atoms with Crippen molar-refractivity contribution in [2.24, 2.45) is 10.7 Å². The highest BCUT2D eigenvalue weighted by Crippen LogP contribution is 2.24. The Labute approximate surface area is 124 Å². The molecule has 0 unspecified atom stereocenters.